The zero-order valence-corrected chi connectivity index (χ0v) is 13.4. The number of fused-ring (bicyclic) bond motifs is 1. The Kier molecular flexibility index (Phi) is 5.02. The molecule has 1 saturated heterocycles. The van der Waals surface area contributed by atoms with Gasteiger partial charge in [-0.2, -0.15) is 0 Å². The van der Waals surface area contributed by atoms with Crippen LogP contribution in [0.3, 0.4) is 0 Å². The van der Waals surface area contributed by atoms with E-state index in [1.54, 1.807) is 13.4 Å². The molecule has 0 bridgehead atoms. The fraction of sp³-hybridized carbons (Fsp3) is 0.471. The molecule has 1 aliphatic heterocycles. The molecule has 3 rings (SSSR count). The minimum absolute atomic E-state index is 0.0706. The number of amides is 1. The topological polar surface area (TPSA) is 67.3 Å². The standard InChI is InChI=1S/C17H22N4O2/c1-23-11-5-9-18-17(22)15-8-4-10-21(15)16-13-6-2-3-7-14(13)19-12-20-16/h2-3,6-7,12,15H,4-5,8-11H2,1H3,(H,18,22). The summed E-state index contributed by atoms with van der Waals surface area (Å²) < 4.78 is 5.01. The lowest BCUT2D eigenvalue weighted by Crippen LogP contribution is -2.44. The van der Waals surface area contributed by atoms with Crippen LogP contribution in [-0.2, 0) is 9.53 Å². The van der Waals surface area contributed by atoms with Crippen molar-refractivity contribution in [3.8, 4) is 0 Å². The number of anilines is 1. The van der Waals surface area contributed by atoms with Gasteiger partial charge >= 0.3 is 0 Å². The summed E-state index contributed by atoms with van der Waals surface area (Å²) in [6, 6.07) is 7.76. The van der Waals surface area contributed by atoms with Crippen molar-refractivity contribution in [3.05, 3.63) is 30.6 Å². The molecule has 6 heteroatoms. The van der Waals surface area contributed by atoms with Crippen molar-refractivity contribution in [2.75, 3.05) is 31.7 Å². The van der Waals surface area contributed by atoms with Crippen LogP contribution in [0.2, 0.25) is 0 Å². The van der Waals surface area contributed by atoms with E-state index in [-0.39, 0.29) is 11.9 Å². The van der Waals surface area contributed by atoms with Gasteiger partial charge in [0, 0.05) is 32.2 Å². The molecular formula is C17H22N4O2. The third kappa shape index (κ3) is 3.42. The van der Waals surface area contributed by atoms with Crippen molar-refractivity contribution < 1.29 is 9.53 Å². The number of nitrogens with zero attached hydrogens (tertiary/aromatic N) is 3. The van der Waals surface area contributed by atoms with Gasteiger partial charge in [-0.3, -0.25) is 4.79 Å². The first-order chi connectivity index (χ1) is 11.3. The van der Waals surface area contributed by atoms with Crippen molar-refractivity contribution >= 4 is 22.6 Å². The smallest absolute Gasteiger partial charge is 0.242 e. The van der Waals surface area contributed by atoms with Crippen LogP contribution in [0.1, 0.15) is 19.3 Å². The molecule has 1 fully saturated rings. The summed E-state index contributed by atoms with van der Waals surface area (Å²) in [5, 5.41) is 4.00. The van der Waals surface area contributed by atoms with Crippen molar-refractivity contribution in [1.82, 2.24) is 15.3 Å². The van der Waals surface area contributed by atoms with Crippen LogP contribution in [0.4, 0.5) is 5.82 Å². The lowest BCUT2D eigenvalue weighted by molar-refractivity contribution is -0.122. The molecule has 2 aromatic rings. The highest BCUT2D eigenvalue weighted by Gasteiger charge is 2.32. The van der Waals surface area contributed by atoms with Crippen LogP contribution in [0.25, 0.3) is 10.9 Å². The van der Waals surface area contributed by atoms with E-state index in [0.29, 0.717) is 13.2 Å². The highest BCUT2D eigenvalue weighted by molar-refractivity contribution is 5.93. The van der Waals surface area contributed by atoms with Gasteiger partial charge in [-0.1, -0.05) is 12.1 Å². The van der Waals surface area contributed by atoms with E-state index in [1.165, 1.54) is 0 Å². The molecule has 0 radical (unpaired) electrons. The van der Waals surface area contributed by atoms with Gasteiger partial charge in [0.05, 0.1) is 5.52 Å². The molecule has 6 nitrogen and oxygen atoms in total. The van der Waals surface area contributed by atoms with E-state index < -0.39 is 0 Å². The average molecular weight is 314 g/mol. The molecule has 1 amide bonds. The van der Waals surface area contributed by atoms with Crippen molar-refractivity contribution in [1.29, 1.82) is 0 Å². The van der Waals surface area contributed by atoms with Crippen LogP contribution in [0.15, 0.2) is 30.6 Å². The summed E-state index contributed by atoms with van der Waals surface area (Å²) in [6.07, 6.45) is 4.25. The third-order valence-electron chi connectivity index (χ3n) is 4.17. The molecule has 23 heavy (non-hydrogen) atoms. The fourth-order valence-corrected chi connectivity index (χ4v) is 3.06. The third-order valence-corrected chi connectivity index (χ3v) is 4.17. The number of carbonyl (C=O) groups is 1. The summed E-state index contributed by atoms with van der Waals surface area (Å²) in [5.74, 6) is 0.923. The normalized spacial score (nSPS) is 17.6. The van der Waals surface area contributed by atoms with Crippen LogP contribution in [-0.4, -0.2) is 48.7 Å². The maximum Gasteiger partial charge on any atom is 0.242 e. The summed E-state index contributed by atoms with van der Waals surface area (Å²) in [6.45, 7) is 2.14. The highest BCUT2D eigenvalue weighted by Crippen LogP contribution is 2.29. The summed E-state index contributed by atoms with van der Waals surface area (Å²) in [7, 11) is 1.67. The molecule has 0 aliphatic carbocycles. The van der Waals surface area contributed by atoms with E-state index >= 15 is 0 Å². The zero-order valence-electron chi connectivity index (χ0n) is 13.4. The summed E-state index contributed by atoms with van der Waals surface area (Å²) >= 11 is 0. The fourth-order valence-electron chi connectivity index (χ4n) is 3.06. The van der Waals surface area contributed by atoms with E-state index in [0.717, 1.165) is 42.5 Å². The Labute approximate surface area is 135 Å². The monoisotopic (exact) mass is 314 g/mol. The van der Waals surface area contributed by atoms with Gasteiger partial charge in [0.25, 0.3) is 0 Å². The second kappa shape index (κ2) is 7.37. The van der Waals surface area contributed by atoms with Crippen LogP contribution < -0.4 is 10.2 Å². The second-order valence-electron chi connectivity index (χ2n) is 5.70. The Morgan fingerprint density at radius 1 is 1.39 bits per heavy atom. The molecule has 1 N–H and O–H groups in total. The molecule has 1 atom stereocenters. The predicted octanol–water partition coefficient (Wildman–Crippen LogP) is 1.75. The maximum absolute atomic E-state index is 12.5. The first-order valence-corrected chi connectivity index (χ1v) is 8.04. The molecule has 1 aromatic heterocycles. The van der Waals surface area contributed by atoms with Crippen molar-refractivity contribution in [2.24, 2.45) is 0 Å². The van der Waals surface area contributed by atoms with Crippen molar-refractivity contribution in [3.63, 3.8) is 0 Å². The molecular weight excluding hydrogens is 292 g/mol. The number of hydrogen-bond acceptors (Lipinski definition) is 5. The predicted molar refractivity (Wildman–Crippen MR) is 89.4 cm³/mol. The Bertz CT molecular complexity index is 671. The minimum Gasteiger partial charge on any atom is -0.385 e. The van der Waals surface area contributed by atoms with E-state index in [1.807, 2.05) is 24.3 Å². The quantitative estimate of drug-likeness (QED) is 0.823. The number of nitrogens with one attached hydrogen (secondary N) is 1. The first kappa shape index (κ1) is 15.7. The molecule has 2 heterocycles. The van der Waals surface area contributed by atoms with E-state index in [9.17, 15) is 4.79 Å². The van der Waals surface area contributed by atoms with Gasteiger partial charge in [0.2, 0.25) is 5.91 Å². The van der Waals surface area contributed by atoms with Gasteiger partial charge in [-0.25, -0.2) is 9.97 Å². The number of benzene rings is 1. The van der Waals surface area contributed by atoms with Crippen LogP contribution in [0, 0.1) is 0 Å². The molecule has 1 unspecified atom stereocenters. The van der Waals surface area contributed by atoms with Gasteiger partial charge in [0.15, 0.2) is 0 Å². The molecule has 0 saturated carbocycles. The van der Waals surface area contributed by atoms with Gasteiger partial charge in [-0.15, -0.1) is 0 Å². The molecule has 1 aliphatic rings. The Hall–Kier alpha value is -2.21. The van der Waals surface area contributed by atoms with Gasteiger partial charge < -0.3 is 15.0 Å². The number of aromatic nitrogens is 2. The summed E-state index contributed by atoms with van der Waals surface area (Å²) in [4.78, 5) is 23.3. The second-order valence-corrected chi connectivity index (χ2v) is 5.70. The van der Waals surface area contributed by atoms with Gasteiger partial charge in [0.1, 0.15) is 18.2 Å². The Morgan fingerprint density at radius 2 is 2.26 bits per heavy atom. The molecule has 0 spiro atoms. The SMILES string of the molecule is COCCCNC(=O)C1CCCN1c1ncnc2ccccc12. The largest absolute Gasteiger partial charge is 0.385 e. The van der Waals surface area contributed by atoms with Crippen LogP contribution >= 0.6 is 0 Å². The minimum atomic E-state index is -0.157. The number of rotatable bonds is 6. The lowest BCUT2D eigenvalue weighted by Gasteiger charge is -2.25. The van der Waals surface area contributed by atoms with Crippen molar-refractivity contribution in [2.45, 2.75) is 25.3 Å². The number of para-hydroxylation sites is 1. The lowest BCUT2D eigenvalue weighted by atomic mass is 10.2. The van der Waals surface area contributed by atoms with Gasteiger partial charge in [-0.05, 0) is 31.4 Å². The first-order valence-electron chi connectivity index (χ1n) is 8.04. The number of ether oxygens (including phenoxy) is 1. The maximum atomic E-state index is 12.5. The summed E-state index contributed by atoms with van der Waals surface area (Å²) in [5.41, 5.74) is 0.906. The number of methoxy groups -OCH3 is 1. The van der Waals surface area contributed by atoms with E-state index in [4.69, 9.17) is 4.74 Å². The Morgan fingerprint density at radius 3 is 3.13 bits per heavy atom. The molecule has 1 aromatic carbocycles. The average Bonchev–Trinajstić information content (AvgIpc) is 3.07. The number of hydrogen-bond donors (Lipinski definition) is 1. The molecule has 122 valence electrons. The van der Waals surface area contributed by atoms with Crippen LogP contribution in [0.5, 0.6) is 0 Å². The number of carbonyl (C=O) groups excluding carboxylic acids is 1. The van der Waals surface area contributed by atoms with E-state index in [2.05, 4.69) is 20.2 Å². The zero-order chi connectivity index (χ0) is 16.1. The highest BCUT2D eigenvalue weighted by atomic mass is 16.5. The Balaban J connectivity index is 1.77.